The van der Waals surface area contributed by atoms with E-state index in [9.17, 15) is 0 Å². The van der Waals surface area contributed by atoms with Crippen LogP contribution in [0.3, 0.4) is 0 Å². The molecule has 0 saturated carbocycles. The predicted molar refractivity (Wildman–Crippen MR) is 55.7 cm³/mol. The molecule has 0 atom stereocenters. The number of hydrogen-bond acceptors (Lipinski definition) is 1. The number of rotatable bonds is 6. The Kier molecular flexibility index (Phi) is 7.46. The van der Waals surface area contributed by atoms with E-state index in [0.29, 0.717) is 0 Å². The molecule has 0 aliphatic carbocycles. The van der Waals surface area contributed by atoms with Gasteiger partial charge < -0.3 is 5.73 Å². The minimum Gasteiger partial charge on any atom is -0.402 e. The number of allylic oxidation sites excluding steroid dienone is 5. The Morgan fingerprint density at radius 2 is 2.00 bits per heavy atom. The average Bonchev–Trinajstić information content (AvgIpc) is 2.05. The summed E-state index contributed by atoms with van der Waals surface area (Å²) in [5.41, 5.74) is 6.56. The Labute approximate surface area is 75.7 Å². The van der Waals surface area contributed by atoms with Gasteiger partial charge in [0.25, 0.3) is 0 Å². The van der Waals surface area contributed by atoms with Gasteiger partial charge in [-0.25, -0.2) is 0 Å². The molecule has 0 bridgehead atoms. The standard InChI is InChI=1S/C11H19N/c1-3-5-6-7-8-10-11(12)9-4-2/h4,6-7,9H,2-3,5,8,10,12H2,1H3/b7-6-,11-9+. The zero-order valence-corrected chi connectivity index (χ0v) is 7.92. The molecule has 1 nitrogen and oxygen atoms in total. The van der Waals surface area contributed by atoms with Gasteiger partial charge in [0.1, 0.15) is 0 Å². The van der Waals surface area contributed by atoms with Crippen LogP contribution in [0.15, 0.2) is 36.6 Å². The normalized spacial score (nSPS) is 12.2. The molecule has 0 amide bonds. The molecule has 1 heteroatoms. The van der Waals surface area contributed by atoms with Crippen LogP contribution in [0.2, 0.25) is 0 Å². The maximum absolute atomic E-state index is 5.65. The molecular weight excluding hydrogens is 146 g/mol. The van der Waals surface area contributed by atoms with Crippen molar-refractivity contribution in [2.45, 2.75) is 32.6 Å². The van der Waals surface area contributed by atoms with Crippen LogP contribution in [-0.2, 0) is 0 Å². The van der Waals surface area contributed by atoms with Crippen LogP contribution < -0.4 is 5.73 Å². The summed E-state index contributed by atoms with van der Waals surface area (Å²) in [6.07, 6.45) is 12.3. The van der Waals surface area contributed by atoms with Gasteiger partial charge in [-0.3, -0.25) is 0 Å². The van der Waals surface area contributed by atoms with Crippen molar-refractivity contribution in [3.8, 4) is 0 Å². The van der Waals surface area contributed by atoms with Crippen molar-refractivity contribution in [1.29, 1.82) is 0 Å². The molecule has 0 aliphatic heterocycles. The molecule has 0 saturated heterocycles. The Balaban J connectivity index is 3.42. The second kappa shape index (κ2) is 8.12. The van der Waals surface area contributed by atoms with Crippen molar-refractivity contribution in [3.05, 3.63) is 36.6 Å². The highest BCUT2D eigenvalue weighted by Crippen LogP contribution is 2.00. The molecule has 0 radical (unpaired) electrons. The summed E-state index contributed by atoms with van der Waals surface area (Å²) in [4.78, 5) is 0. The maximum atomic E-state index is 5.65. The molecule has 0 unspecified atom stereocenters. The average molecular weight is 165 g/mol. The topological polar surface area (TPSA) is 26.0 Å². The van der Waals surface area contributed by atoms with Crippen LogP contribution in [0.5, 0.6) is 0 Å². The Morgan fingerprint density at radius 1 is 1.33 bits per heavy atom. The molecule has 0 fully saturated rings. The van der Waals surface area contributed by atoms with Crippen molar-refractivity contribution in [3.63, 3.8) is 0 Å². The predicted octanol–water partition coefficient (Wildman–Crippen LogP) is 3.15. The number of unbranched alkanes of at least 4 members (excludes halogenated alkanes) is 1. The third-order valence-electron chi connectivity index (χ3n) is 1.55. The zero-order valence-electron chi connectivity index (χ0n) is 7.92. The summed E-state index contributed by atoms with van der Waals surface area (Å²) in [5, 5.41) is 0. The highest BCUT2D eigenvalue weighted by molar-refractivity contribution is 5.07. The van der Waals surface area contributed by atoms with E-state index < -0.39 is 0 Å². The molecule has 0 aliphatic rings. The van der Waals surface area contributed by atoms with Gasteiger partial charge in [-0.1, -0.05) is 38.2 Å². The quantitative estimate of drug-likeness (QED) is 0.475. The van der Waals surface area contributed by atoms with Gasteiger partial charge in [0.05, 0.1) is 0 Å². The van der Waals surface area contributed by atoms with Crippen LogP contribution in [-0.4, -0.2) is 0 Å². The second-order valence-electron chi connectivity index (χ2n) is 2.78. The fraction of sp³-hybridized carbons (Fsp3) is 0.455. The van der Waals surface area contributed by atoms with Crippen molar-refractivity contribution in [2.75, 3.05) is 0 Å². The fourth-order valence-corrected chi connectivity index (χ4v) is 0.887. The fourth-order valence-electron chi connectivity index (χ4n) is 0.887. The van der Waals surface area contributed by atoms with E-state index in [1.165, 1.54) is 12.8 Å². The van der Waals surface area contributed by atoms with Gasteiger partial charge in [-0.2, -0.15) is 0 Å². The maximum Gasteiger partial charge on any atom is 0.00833 e. The SMILES string of the molecule is C=C/C=C(/N)CC/C=C\CCC. The first-order chi connectivity index (χ1) is 5.81. The van der Waals surface area contributed by atoms with Crippen LogP contribution >= 0.6 is 0 Å². The van der Waals surface area contributed by atoms with E-state index in [0.717, 1.165) is 18.5 Å². The summed E-state index contributed by atoms with van der Waals surface area (Å²) < 4.78 is 0. The second-order valence-corrected chi connectivity index (χ2v) is 2.78. The summed E-state index contributed by atoms with van der Waals surface area (Å²) in [5.74, 6) is 0. The smallest absolute Gasteiger partial charge is 0.00833 e. The molecule has 0 aromatic heterocycles. The minimum atomic E-state index is 0.908. The third kappa shape index (κ3) is 7.13. The molecule has 0 heterocycles. The molecular formula is C11H19N. The first-order valence-electron chi connectivity index (χ1n) is 4.53. The van der Waals surface area contributed by atoms with Crippen molar-refractivity contribution < 1.29 is 0 Å². The minimum absolute atomic E-state index is 0.908. The van der Waals surface area contributed by atoms with E-state index in [2.05, 4.69) is 25.7 Å². The molecule has 12 heavy (non-hydrogen) atoms. The van der Waals surface area contributed by atoms with E-state index in [1.807, 2.05) is 6.08 Å². The van der Waals surface area contributed by atoms with E-state index in [4.69, 9.17) is 5.73 Å². The highest BCUT2D eigenvalue weighted by atomic mass is 14.6. The Hall–Kier alpha value is -0.980. The van der Waals surface area contributed by atoms with E-state index >= 15 is 0 Å². The summed E-state index contributed by atoms with van der Waals surface area (Å²) in [6.45, 7) is 5.76. The lowest BCUT2D eigenvalue weighted by Gasteiger charge is -1.95. The van der Waals surface area contributed by atoms with Crippen LogP contribution in [0.4, 0.5) is 0 Å². The lowest BCUT2D eigenvalue weighted by atomic mass is 10.2. The molecule has 0 aromatic carbocycles. The van der Waals surface area contributed by atoms with Crippen LogP contribution in [0, 0.1) is 0 Å². The lowest BCUT2D eigenvalue weighted by molar-refractivity contribution is 0.924. The van der Waals surface area contributed by atoms with Gasteiger partial charge >= 0.3 is 0 Å². The molecule has 0 rings (SSSR count). The van der Waals surface area contributed by atoms with E-state index in [1.54, 1.807) is 6.08 Å². The highest BCUT2D eigenvalue weighted by Gasteiger charge is 1.85. The Bertz CT molecular complexity index is 166. The van der Waals surface area contributed by atoms with Crippen molar-refractivity contribution in [1.82, 2.24) is 0 Å². The molecule has 2 N–H and O–H groups in total. The largest absolute Gasteiger partial charge is 0.402 e. The lowest BCUT2D eigenvalue weighted by Crippen LogP contribution is -1.94. The molecule has 0 spiro atoms. The first-order valence-corrected chi connectivity index (χ1v) is 4.53. The number of nitrogens with two attached hydrogens (primary N) is 1. The molecule has 68 valence electrons. The monoisotopic (exact) mass is 165 g/mol. The van der Waals surface area contributed by atoms with Gasteiger partial charge in [0.2, 0.25) is 0 Å². The van der Waals surface area contributed by atoms with Gasteiger partial charge in [0, 0.05) is 5.70 Å². The van der Waals surface area contributed by atoms with Gasteiger partial charge in [-0.05, 0) is 25.3 Å². The summed E-state index contributed by atoms with van der Waals surface area (Å²) in [7, 11) is 0. The summed E-state index contributed by atoms with van der Waals surface area (Å²) in [6, 6.07) is 0. The summed E-state index contributed by atoms with van der Waals surface area (Å²) >= 11 is 0. The van der Waals surface area contributed by atoms with E-state index in [-0.39, 0.29) is 0 Å². The van der Waals surface area contributed by atoms with Crippen LogP contribution in [0.25, 0.3) is 0 Å². The first kappa shape index (κ1) is 11.0. The number of hydrogen-bond donors (Lipinski definition) is 1. The van der Waals surface area contributed by atoms with Gasteiger partial charge in [-0.15, -0.1) is 0 Å². The van der Waals surface area contributed by atoms with Gasteiger partial charge in [0.15, 0.2) is 0 Å². The van der Waals surface area contributed by atoms with Crippen molar-refractivity contribution in [2.24, 2.45) is 5.73 Å². The van der Waals surface area contributed by atoms with Crippen LogP contribution in [0.1, 0.15) is 32.6 Å². The third-order valence-corrected chi connectivity index (χ3v) is 1.55. The van der Waals surface area contributed by atoms with Crippen molar-refractivity contribution >= 4 is 0 Å². The Morgan fingerprint density at radius 3 is 2.58 bits per heavy atom. The zero-order chi connectivity index (χ0) is 9.23. The molecule has 0 aromatic rings.